The van der Waals surface area contributed by atoms with Crippen LogP contribution in [0.3, 0.4) is 0 Å². The lowest BCUT2D eigenvalue weighted by molar-refractivity contribution is 0.0678. The molecule has 5 nitrogen and oxygen atoms in total. The third-order valence-electron chi connectivity index (χ3n) is 4.16. The Bertz CT molecular complexity index is 386. The van der Waals surface area contributed by atoms with Gasteiger partial charge in [0, 0.05) is 37.6 Å². The summed E-state index contributed by atoms with van der Waals surface area (Å²) in [5.74, 6) is 0. The highest BCUT2D eigenvalue weighted by Crippen LogP contribution is 2.32. The minimum Gasteiger partial charge on any atom is -0.382 e. The predicted octanol–water partition coefficient (Wildman–Crippen LogP) is 1.58. The number of nitrogens with zero attached hydrogens (tertiary/aromatic N) is 2. The van der Waals surface area contributed by atoms with Gasteiger partial charge in [0.15, 0.2) is 0 Å². The lowest BCUT2D eigenvalue weighted by Gasteiger charge is -2.34. The minimum absolute atomic E-state index is 0.263. The van der Waals surface area contributed by atoms with Gasteiger partial charge in [0.05, 0.1) is 19.5 Å². The summed E-state index contributed by atoms with van der Waals surface area (Å²) in [6.07, 6.45) is 7.38. The smallest absolute Gasteiger partial charge is 0.0948 e. The number of aromatic nitrogens is 2. The summed E-state index contributed by atoms with van der Waals surface area (Å²) in [7, 11) is 1.70. The molecule has 0 saturated carbocycles. The number of rotatable bonds is 8. The average Bonchev–Trinajstić information content (AvgIpc) is 2.93. The number of hydrogen-bond acceptors (Lipinski definition) is 4. The second-order valence-corrected chi connectivity index (χ2v) is 5.74. The van der Waals surface area contributed by atoms with Gasteiger partial charge in [-0.1, -0.05) is 6.92 Å². The summed E-state index contributed by atoms with van der Waals surface area (Å²) in [4.78, 5) is 4.35. The molecule has 0 atom stereocenters. The van der Waals surface area contributed by atoms with Gasteiger partial charge in [-0.3, -0.25) is 0 Å². The van der Waals surface area contributed by atoms with Crippen molar-refractivity contribution in [1.82, 2.24) is 14.9 Å². The Hall–Kier alpha value is -0.910. The Morgan fingerprint density at radius 3 is 2.85 bits per heavy atom. The molecule has 5 heteroatoms. The van der Waals surface area contributed by atoms with E-state index < -0.39 is 0 Å². The van der Waals surface area contributed by atoms with Crippen molar-refractivity contribution in [2.45, 2.75) is 38.1 Å². The Balaban J connectivity index is 1.82. The van der Waals surface area contributed by atoms with Crippen molar-refractivity contribution in [2.75, 3.05) is 40.0 Å². The SMILES string of the molecule is COCCOCCCn1cncc1C1(C)CCNCC1. The van der Waals surface area contributed by atoms with E-state index in [0.29, 0.717) is 13.2 Å². The molecule has 1 fully saturated rings. The van der Waals surface area contributed by atoms with Gasteiger partial charge in [-0.25, -0.2) is 4.98 Å². The summed E-state index contributed by atoms with van der Waals surface area (Å²) < 4.78 is 12.8. The van der Waals surface area contributed by atoms with Crippen molar-refractivity contribution in [3.05, 3.63) is 18.2 Å². The molecule has 2 heterocycles. The second kappa shape index (κ2) is 7.76. The summed E-state index contributed by atoms with van der Waals surface area (Å²) >= 11 is 0. The maximum Gasteiger partial charge on any atom is 0.0948 e. The van der Waals surface area contributed by atoms with Crippen molar-refractivity contribution in [2.24, 2.45) is 0 Å². The summed E-state index contributed by atoms with van der Waals surface area (Å²) in [5, 5.41) is 3.43. The number of ether oxygens (including phenoxy) is 2. The highest BCUT2D eigenvalue weighted by Gasteiger charge is 2.31. The second-order valence-electron chi connectivity index (χ2n) is 5.74. The van der Waals surface area contributed by atoms with E-state index in [1.165, 1.54) is 18.5 Å². The fraction of sp³-hybridized carbons (Fsp3) is 0.800. The fourth-order valence-electron chi connectivity index (χ4n) is 2.82. The predicted molar refractivity (Wildman–Crippen MR) is 79.0 cm³/mol. The molecule has 114 valence electrons. The van der Waals surface area contributed by atoms with Crippen LogP contribution in [0, 0.1) is 0 Å². The number of methoxy groups -OCH3 is 1. The quantitative estimate of drug-likeness (QED) is 0.735. The standard InChI is InChI=1S/C15H27N3O2/c1-15(4-6-16-7-5-15)14-12-17-13-18(14)8-3-9-20-11-10-19-2/h12-13,16H,3-11H2,1-2H3. The molecule has 0 bridgehead atoms. The molecular weight excluding hydrogens is 254 g/mol. The lowest BCUT2D eigenvalue weighted by atomic mass is 9.78. The van der Waals surface area contributed by atoms with E-state index >= 15 is 0 Å². The number of aryl methyl sites for hydroxylation is 1. The van der Waals surface area contributed by atoms with Crippen LogP contribution in [-0.2, 0) is 21.4 Å². The number of hydrogen-bond donors (Lipinski definition) is 1. The molecule has 1 aliphatic rings. The maximum absolute atomic E-state index is 5.51. The molecule has 0 spiro atoms. The molecule has 2 rings (SSSR count). The topological polar surface area (TPSA) is 48.3 Å². The number of nitrogens with one attached hydrogen (secondary N) is 1. The van der Waals surface area contributed by atoms with Crippen LogP contribution in [-0.4, -0.2) is 49.6 Å². The van der Waals surface area contributed by atoms with Crippen molar-refractivity contribution in [3.8, 4) is 0 Å². The molecule has 20 heavy (non-hydrogen) atoms. The van der Waals surface area contributed by atoms with Crippen LogP contribution in [0.2, 0.25) is 0 Å². The van der Waals surface area contributed by atoms with Gasteiger partial charge in [0.25, 0.3) is 0 Å². The van der Waals surface area contributed by atoms with Crippen molar-refractivity contribution < 1.29 is 9.47 Å². The monoisotopic (exact) mass is 281 g/mol. The summed E-state index contributed by atoms with van der Waals surface area (Å²) in [5.41, 5.74) is 1.63. The first-order valence-corrected chi connectivity index (χ1v) is 7.54. The molecule has 1 aromatic heterocycles. The van der Waals surface area contributed by atoms with E-state index in [-0.39, 0.29) is 5.41 Å². The van der Waals surface area contributed by atoms with E-state index in [0.717, 1.165) is 32.7 Å². The van der Waals surface area contributed by atoms with E-state index in [1.54, 1.807) is 7.11 Å². The number of piperidine rings is 1. The van der Waals surface area contributed by atoms with Gasteiger partial charge in [-0.15, -0.1) is 0 Å². The Morgan fingerprint density at radius 1 is 1.30 bits per heavy atom. The van der Waals surface area contributed by atoms with Crippen LogP contribution in [0.5, 0.6) is 0 Å². The molecule has 1 aromatic rings. The van der Waals surface area contributed by atoms with Gasteiger partial charge in [-0.2, -0.15) is 0 Å². The van der Waals surface area contributed by atoms with Crippen molar-refractivity contribution in [3.63, 3.8) is 0 Å². The molecule has 0 radical (unpaired) electrons. The van der Waals surface area contributed by atoms with Crippen LogP contribution in [0.25, 0.3) is 0 Å². The van der Waals surface area contributed by atoms with E-state index in [4.69, 9.17) is 9.47 Å². The highest BCUT2D eigenvalue weighted by atomic mass is 16.5. The Labute approximate surface area is 121 Å². The molecule has 1 saturated heterocycles. The summed E-state index contributed by atoms with van der Waals surface area (Å²) in [6, 6.07) is 0. The first-order chi connectivity index (χ1) is 9.76. The molecule has 0 unspecified atom stereocenters. The van der Waals surface area contributed by atoms with Gasteiger partial charge in [0.2, 0.25) is 0 Å². The molecule has 1 aliphatic heterocycles. The maximum atomic E-state index is 5.51. The van der Waals surface area contributed by atoms with Crippen LogP contribution in [0.4, 0.5) is 0 Å². The zero-order valence-electron chi connectivity index (χ0n) is 12.7. The molecule has 0 aliphatic carbocycles. The van der Waals surface area contributed by atoms with Gasteiger partial charge < -0.3 is 19.4 Å². The van der Waals surface area contributed by atoms with Gasteiger partial charge in [-0.05, 0) is 32.4 Å². The molecular formula is C15H27N3O2. The zero-order chi connectivity index (χ0) is 14.3. The Morgan fingerprint density at radius 2 is 2.10 bits per heavy atom. The molecule has 0 amide bonds. The normalized spacial score (nSPS) is 18.3. The lowest BCUT2D eigenvalue weighted by Crippen LogP contribution is -2.39. The zero-order valence-corrected chi connectivity index (χ0v) is 12.7. The van der Waals surface area contributed by atoms with E-state index in [2.05, 4.69) is 21.8 Å². The van der Waals surface area contributed by atoms with Crippen LogP contribution < -0.4 is 5.32 Å². The van der Waals surface area contributed by atoms with Crippen molar-refractivity contribution >= 4 is 0 Å². The highest BCUT2D eigenvalue weighted by molar-refractivity contribution is 5.15. The van der Waals surface area contributed by atoms with E-state index in [9.17, 15) is 0 Å². The van der Waals surface area contributed by atoms with Crippen LogP contribution in [0.1, 0.15) is 31.9 Å². The van der Waals surface area contributed by atoms with Gasteiger partial charge >= 0.3 is 0 Å². The van der Waals surface area contributed by atoms with E-state index in [1.807, 2.05) is 12.5 Å². The summed E-state index contributed by atoms with van der Waals surface area (Å²) in [6.45, 7) is 7.66. The first-order valence-electron chi connectivity index (χ1n) is 7.54. The molecule has 1 N–H and O–H groups in total. The average molecular weight is 281 g/mol. The fourth-order valence-corrected chi connectivity index (χ4v) is 2.82. The Kier molecular flexibility index (Phi) is 6.01. The van der Waals surface area contributed by atoms with Gasteiger partial charge in [0.1, 0.15) is 0 Å². The van der Waals surface area contributed by atoms with Crippen LogP contribution >= 0.6 is 0 Å². The minimum atomic E-state index is 0.263. The van der Waals surface area contributed by atoms with Crippen LogP contribution in [0.15, 0.2) is 12.5 Å². The first kappa shape index (κ1) is 15.5. The van der Waals surface area contributed by atoms with Crippen molar-refractivity contribution in [1.29, 1.82) is 0 Å². The molecule has 0 aromatic carbocycles. The largest absolute Gasteiger partial charge is 0.382 e. The third kappa shape index (κ3) is 4.04. The number of imidazole rings is 1. The third-order valence-corrected chi connectivity index (χ3v) is 4.16.